The van der Waals surface area contributed by atoms with Gasteiger partial charge in [0.15, 0.2) is 0 Å². The fourth-order valence-corrected chi connectivity index (χ4v) is 1.86. The van der Waals surface area contributed by atoms with Crippen LogP contribution in [-0.2, 0) is 24.3 Å². The molecule has 5 nitrogen and oxygen atoms in total. The Morgan fingerprint density at radius 1 is 1.20 bits per heavy atom. The van der Waals surface area contributed by atoms with E-state index < -0.39 is 0 Å². The van der Waals surface area contributed by atoms with Gasteiger partial charge in [-0.3, -0.25) is 14.8 Å². The second kappa shape index (κ2) is 6.77. The maximum Gasteiger partial charge on any atom is 0.224 e. The summed E-state index contributed by atoms with van der Waals surface area (Å²) < 4.78 is 0. The van der Waals surface area contributed by atoms with Crippen LogP contribution in [0.25, 0.3) is 0 Å². The summed E-state index contributed by atoms with van der Waals surface area (Å²) in [5.41, 5.74) is 9.22. The minimum absolute atomic E-state index is 0.0479. The number of nitrogens with two attached hydrogens (primary N) is 1. The molecule has 0 fully saturated rings. The molecule has 20 heavy (non-hydrogen) atoms. The minimum Gasteiger partial charge on any atom is -0.350 e. The summed E-state index contributed by atoms with van der Waals surface area (Å²) in [4.78, 5) is 20.3. The number of aromatic nitrogens is 2. The van der Waals surface area contributed by atoms with E-state index >= 15 is 0 Å². The molecule has 2 rings (SSSR count). The summed E-state index contributed by atoms with van der Waals surface area (Å²) in [6, 6.07) is 7.69. The van der Waals surface area contributed by atoms with Crippen molar-refractivity contribution in [2.24, 2.45) is 5.73 Å². The molecule has 1 amide bonds. The molecular weight excluding hydrogens is 252 g/mol. The number of carbonyl (C=O) groups is 1. The SMILES string of the molecule is Cc1cnc(CNC(=O)Cc2ccccc2CN)cn1. The van der Waals surface area contributed by atoms with Crippen molar-refractivity contribution in [3.63, 3.8) is 0 Å². The van der Waals surface area contributed by atoms with Crippen molar-refractivity contribution >= 4 is 5.91 Å². The van der Waals surface area contributed by atoms with Crippen molar-refractivity contribution in [1.82, 2.24) is 15.3 Å². The normalized spacial score (nSPS) is 10.3. The molecule has 1 heterocycles. The van der Waals surface area contributed by atoms with Gasteiger partial charge >= 0.3 is 0 Å². The average Bonchev–Trinajstić information content (AvgIpc) is 2.47. The van der Waals surface area contributed by atoms with E-state index in [9.17, 15) is 4.79 Å². The highest BCUT2D eigenvalue weighted by atomic mass is 16.1. The van der Waals surface area contributed by atoms with Gasteiger partial charge in [-0.25, -0.2) is 0 Å². The highest BCUT2D eigenvalue weighted by Crippen LogP contribution is 2.08. The van der Waals surface area contributed by atoms with Gasteiger partial charge in [0.25, 0.3) is 0 Å². The summed E-state index contributed by atoms with van der Waals surface area (Å²) in [5, 5.41) is 2.84. The molecule has 0 atom stereocenters. The van der Waals surface area contributed by atoms with Gasteiger partial charge in [0, 0.05) is 12.7 Å². The Kier molecular flexibility index (Phi) is 4.79. The number of hydrogen-bond donors (Lipinski definition) is 2. The third kappa shape index (κ3) is 3.86. The molecule has 0 aliphatic heterocycles. The predicted molar refractivity (Wildman–Crippen MR) is 76.7 cm³/mol. The van der Waals surface area contributed by atoms with Crippen LogP contribution in [0.4, 0.5) is 0 Å². The maximum atomic E-state index is 11.9. The zero-order valence-electron chi connectivity index (χ0n) is 11.5. The Hall–Kier alpha value is -2.27. The number of nitrogens with one attached hydrogen (secondary N) is 1. The largest absolute Gasteiger partial charge is 0.350 e. The molecular formula is C15H18N4O. The molecule has 1 aromatic carbocycles. The summed E-state index contributed by atoms with van der Waals surface area (Å²) in [6.07, 6.45) is 3.68. The van der Waals surface area contributed by atoms with Crippen LogP contribution in [-0.4, -0.2) is 15.9 Å². The Bertz CT molecular complexity index is 581. The first-order valence-corrected chi connectivity index (χ1v) is 6.50. The molecule has 0 aliphatic rings. The first kappa shape index (κ1) is 14.1. The molecule has 0 unspecified atom stereocenters. The van der Waals surface area contributed by atoms with Crippen molar-refractivity contribution in [3.05, 3.63) is 59.2 Å². The number of benzene rings is 1. The van der Waals surface area contributed by atoms with Crippen molar-refractivity contribution in [1.29, 1.82) is 0 Å². The molecule has 0 aliphatic carbocycles. The van der Waals surface area contributed by atoms with Crippen molar-refractivity contribution < 1.29 is 4.79 Å². The van der Waals surface area contributed by atoms with E-state index in [2.05, 4.69) is 15.3 Å². The highest BCUT2D eigenvalue weighted by Gasteiger charge is 2.07. The summed E-state index contributed by atoms with van der Waals surface area (Å²) in [6.45, 7) is 2.70. The van der Waals surface area contributed by atoms with E-state index in [1.807, 2.05) is 31.2 Å². The van der Waals surface area contributed by atoms with Gasteiger partial charge in [-0.05, 0) is 18.1 Å². The topological polar surface area (TPSA) is 80.9 Å². The zero-order valence-corrected chi connectivity index (χ0v) is 11.5. The molecule has 0 saturated heterocycles. The predicted octanol–water partition coefficient (Wildman–Crippen LogP) is 1.10. The van der Waals surface area contributed by atoms with Gasteiger partial charge in [-0.2, -0.15) is 0 Å². The van der Waals surface area contributed by atoms with Crippen LogP contribution in [0.5, 0.6) is 0 Å². The Morgan fingerprint density at radius 3 is 2.60 bits per heavy atom. The number of aryl methyl sites for hydroxylation is 1. The van der Waals surface area contributed by atoms with Crippen LogP contribution < -0.4 is 11.1 Å². The molecule has 5 heteroatoms. The molecule has 1 aromatic heterocycles. The second-order valence-corrected chi connectivity index (χ2v) is 4.58. The Labute approximate surface area is 118 Å². The maximum absolute atomic E-state index is 11.9. The third-order valence-electron chi connectivity index (χ3n) is 2.99. The lowest BCUT2D eigenvalue weighted by Crippen LogP contribution is -2.25. The molecule has 0 saturated carbocycles. The van der Waals surface area contributed by atoms with Crippen LogP contribution >= 0.6 is 0 Å². The molecule has 0 radical (unpaired) electrons. The van der Waals surface area contributed by atoms with Crippen LogP contribution in [0.3, 0.4) is 0 Å². The van der Waals surface area contributed by atoms with E-state index in [4.69, 9.17) is 5.73 Å². The second-order valence-electron chi connectivity index (χ2n) is 4.58. The van der Waals surface area contributed by atoms with Gasteiger partial charge in [0.2, 0.25) is 5.91 Å². The van der Waals surface area contributed by atoms with E-state index in [0.29, 0.717) is 19.5 Å². The monoisotopic (exact) mass is 270 g/mol. The average molecular weight is 270 g/mol. The first-order chi connectivity index (χ1) is 9.69. The lowest BCUT2D eigenvalue weighted by molar-refractivity contribution is -0.120. The van der Waals surface area contributed by atoms with Gasteiger partial charge < -0.3 is 11.1 Å². The quantitative estimate of drug-likeness (QED) is 0.852. The Morgan fingerprint density at radius 2 is 1.95 bits per heavy atom. The summed E-state index contributed by atoms with van der Waals surface area (Å²) in [7, 11) is 0. The first-order valence-electron chi connectivity index (χ1n) is 6.50. The van der Waals surface area contributed by atoms with E-state index in [1.165, 1.54) is 0 Å². The third-order valence-corrected chi connectivity index (χ3v) is 2.99. The van der Waals surface area contributed by atoms with Crippen LogP contribution in [0.15, 0.2) is 36.7 Å². The highest BCUT2D eigenvalue weighted by molar-refractivity contribution is 5.78. The van der Waals surface area contributed by atoms with Gasteiger partial charge in [-0.1, -0.05) is 24.3 Å². The van der Waals surface area contributed by atoms with Crippen molar-refractivity contribution in [3.8, 4) is 0 Å². The van der Waals surface area contributed by atoms with Gasteiger partial charge in [0.1, 0.15) is 0 Å². The summed E-state index contributed by atoms with van der Waals surface area (Å²) >= 11 is 0. The molecule has 3 N–H and O–H groups in total. The van der Waals surface area contributed by atoms with Crippen LogP contribution in [0, 0.1) is 6.92 Å². The molecule has 0 spiro atoms. The number of hydrogen-bond acceptors (Lipinski definition) is 4. The Balaban J connectivity index is 1.91. The van der Waals surface area contributed by atoms with Gasteiger partial charge in [-0.15, -0.1) is 0 Å². The molecule has 104 valence electrons. The zero-order chi connectivity index (χ0) is 14.4. The van der Waals surface area contributed by atoms with Crippen LogP contribution in [0.2, 0.25) is 0 Å². The lowest BCUT2D eigenvalue weighted by atomic mass is 10.0. The van der Waals surface area contributed by atoms with E-state index in [0.717, 1.165) is 22.5 Å². The number of carbonyl (C=O) groups excluding carboxylic acids is 1. The van der Waals surface area contributed by atoms with E-state index in [-0.39, 0.29) is 5.91 Å². The molecule has 0 bridgehead atoms. The van der Waals surface area contributed by atoms with Crippen molar-refractivity contribution in [2.45, 2.75) is 26.4 Å². The fourth-order valence-electron chi connectivity index (χ4n) is 1.86. The number of nitrogens with zero attached hydrogens (tertiary/aromatic N) is 2. The van der Waals surface area contributed by atoms with Crippen molar-refractivity contribution in [2.75, 3.05) is 0 Å². The van der Waals surface area contributed by atoms with Gasteiger partial charge in [0.05, 0.1) is 30.6 Å². The van der Waals surface area contributed by atoms with Crippen LogP contribution in [0.1, 0.15) is 22.5 Å². The number of amides is 1. The lowest BCUT2D eigenvalue weighted by Gasteiger charge is -2.08. The van der Waals surface area contributed by atoms with E-state index in [1.54, 1.807) is 12.4 Å². The summed E-state index contributed by atoms with van der Waals surface area (Å²) in [5.74, 6) is -0.0479. The molecule has 2 aromatic rings. The fraction of sp³-hybridized carbons (Fsp3) is 0.267. The smallest absolute Gasteiger partial charge is 0.224 e. The standard InChI is InChI=1S/C15H18N4O/c1-11-8-18-14(9-17-11)10-19-15(20)6-12-4-2-3-5-13(12)7-16/h2-5,8-9H,6-7,10,16H2,1H3,(H,19,20). The minimum atomic E-state index is -0.0479. The number of rotatable bonds is 5.